The van der Waals surface area contributed by atoms with Gasteiger partial charge in [-0.25, -0.2) is 9.78 Å². The van der Waals surface area contributed by atoms with Crippen LogP contribution in [0.3, 0.4) is 0 Å². The normalized spacial score (nSPS) is 10.8. The van der Waals surface area contributed by atoms with Gasteiger partial charge in [-0.05, 0) is 36.8 Å². The molecule has 0 saturated carbocycles. The summed E-state index contributed by atoms with van der Waals surface area (Å²) in [7, 11) is 4.46. The molecule has 2 aromatic heterocycles. The molecule has 1 N–H and O–H groups in total. The fourth-order valence-electron chi connectivity index (χ4n) is 2.71. The van der Waals surface area contributed by atoms with E-state index in [1.165, 1.54) is 24.9 Å². The van der Waals surface area contributed by atoms with Gasteiger partial charge in [0.25, 0.3) is 11.5 Å². The van der Waals surface area contributed by atoms with Crippen LogP contribution < -0.4 is 21.3 Å². The van der Waals surface area contributed by atoms with Gasteiger partial charge >= 0.3 is 5.69 Å². The maximum Gasteiger partial charge on any atom is 0.332 e. The number of methoxy groups -OCH3 is 1. The Bertz CT molecular complexity index is 1130. The molecule has 26 heavy (non-hydrogen) atoms. The first-order valence-electron chi connectivity index (χ1n) is 7.86. The van der Waals surface area contributed by atoms with Crippen LogP contribution >= 0.6 is 0 Å². The maximum atomic E-state index is 12.6. The number of anilines is 1. The summed E-state index contributed by atoms with van der Waals surface area (Å²) in [6.45, 7) is 1.74. The lowest BCUT2D eigenvalue weighted by molar-refractivity contribution is 0.102. The van der Waals surface area contributed by atoms with Gasteiger partial charge in [-0.1, -0.05) is 0 Å². The van der Waals surface area contributed by atoms with Gasteiger partial charge in [-0.3, -0.25) is 18.7 Å². The lowest BCUT2D eigenvalue weighted by atomic mass is 10.1. The number of carbonyl (C=O) groups excluding carboxylic acids is 1. The Labute approximate surface area is 148 Å². The van der Waals surface area contributed by atoms with Crippen molar-refractivity contribution in [1.29, 1.82) is 0 Å². The molecule has 0 fully saturated rings. The monoisotopic (exact) mass is 354 g/mol. The first-order chi connectivity index (χ1) is 12.3. The average Bonchev–Trinajstić information content (AvgIpc) is 2.66. The predicted octanol–water partition coefficient (Wildman–Crippen LogP) is 1.20. The Kier molecular flexibility index (Phi) is 4.33. The van der Waals surface area contributed by atoms with Gasteiger partial charge in [0, 0.05) is 25.9 Å². The highest BCUT2D eigenvalue weighted by Crippen LogP contribution is 2.22. The van der Waals surface area contributed by atoms with Crippen LogP contribution in [0, 0.1) is 6.92 Å². The van der Waals surface area contributed by atoms with Gasteiger partial charge in [0.15, 0.2) is 5.65 Å². The summed E-state index contributed by atoms with van der Waals surface area (Å²) >= 11 is 0. The number of benzene rings is 1. The minimum Gasteiger partial charge on any atom is -0.497 e. The second kappa shape index (κ2) is 6.47. The fourth-order valence-corrected chi connectivity index (χ4v) is 2.71. The summed E-state index contributed by atoms with van der Waals surface area (Å²) in [6, 6.07) is 6.60. The quantitative estimate of drug-likeness (QED) is 0.763. The molecule has 3 rings (SSSR count). The Morgan fingerprint density at radius 2 is 1.77 bits per heavy atom. The number of aromatic nitrogens is 3. The first kappa shape index (κ1) is 17.4. The lowest BCUT2D eigenvalue weighted by Crippen LogP contribution is -2.37. The lowest BCUT2D eigenvalue weighted by Gasteiger charge is -2.14. The molecule has 0 aliphatic carbocycles. The van der Waals surface area contributed by atoms with E-state index in [-0.39, 0.29) is 16.9 Å². The van der Waals surface area contributed by atoms with Gasteiger partial charge in [-0.15, -0.1) is 0 Å². The Balaban J connectivity index is 2.15. The average molecular weight is 354 g/mol. The minimum absolute atomic E-state index is 0.191. The van der Waals surface area contributed by atoms with E-state index in [1.54, 1.807) is 38.3 Å². The predicted molar refractivity (Wildman–Crippen MR) is 97.9 cm³/mol. The van der Waals surface area contributed by atoms with Crippen LogP contribution in [0.2, 0.25) is 0 Å². The number of amides is 1. The number of pyridine rings is 1. The van der Waals surface area contributed by atoms with E-state index < -0.39 is 11.2 Å². The number of rotatable bonds is 3. The Morgan fingerprint density at radius 3 is 2.38 bits per heavy atom. The van der Waals surface area contributed by atoms with E-state index in [4.69, 9.17) is 4.74 Å². The van der Waals surface area contributed by atoms with E-state index in [0.717, 1.165) is 4.57 Å². The van der Waals surface area contributed by atoms with E-state index in [1.807, 2.05) is 0 Å². The number of ether oxygens (including phenoxy) is 1. The fraction of sp³-hybridized carbons (Fsp3) is 0.222. The number of aryl methyl sites for hydroxylation is 2. The molecule has 0 aliphatic rings. The van der Waals surface area contributed by atoms with Crippen molar-refractivity contribution in [2.24, 2.45) is 14.1 Å². The number of hydrogen-bond acceptors (Lipinski definition) is 5. The number of carbonyl (C=O) groups is 1. The van der Waals surface area contributed by atoms with Gasteiger partial charge in [0.1, 0.15) is 11.1 Å². The highest BCUT2D eigenvalue weighted by Gasteiger charge is 2.18. The molecule has 0 unspecified atom stereocenters. The van der Waals surface area contributed by atoms with Gasteiger partial charge < -0.3 is 10.1 Å². The van der Waals surface area contributed by atoms with Crippen LogP contribution in [0.4, 0.5) is 5.69 Å². The molecule has 0 spiro atoms. The molecule has 8 heteroatoms. The van der Waals surface area contributed by atoms with Gasteiger partial charge in [0.05, 0.1) is 12.8 Å². The minimum atomic E-state index is -0.510. The van der Waals surface area contributed by atoms with E-state index in [2.05, 4.69) is 10.3 Å². The third-order valence-corrected chi connectivity index (χ3v) is 4.25. The molecule has 134 valence electrons. The molecular formula is C18H18N4O4. The number of hydrogen-bond donors (Lipinski definition) is 1. The van der Waals surface area contributed by atoms with Crippen LogP contribution in [-0.4, -0.2) is 27.1 Å². The van der Waals surface area contributed by atoms with Gasteiger partial charge in [0.2, 0.25) is 0 Å². The zero-order chi connectivity index (χ0) is 19.0. The molecule has 3 aromatic rings. The largest absolute Gasteiger partial charge is 0.497 e. The molecule has 0 saturated heterocycles. The van der Waals surface area contributed by atoms with Crippen molar-refractivity contribution in [2.75, 3.05) is 12.4 Å². The van der Waals surface area contributed by atoms with E-state index in [9.17, 15) is 14.4 Å². The molecule has 1 aromatic carbocycles. The number of nitrogens with zero attached hydrogens (tertiary/aromatic N) is 3. The molecule has 2 heterocycles. The van der Waals surface area contributed by atoms with Crippen molar-refractivity contribution in [3.05, 3.63) is 62.4 Å². The van der Waals surface area contributed by atoms with Crippen molar-refractivity contribution in [1.82, 2.24) is 14.1 Å². The van der Waals surface area contributed by atoms with Crippen molar-refractivity contribution in [3.8, 4) is 5.75 Å². The third kappa shape index (κ3) is 2.75. The molecule has 1 amide bonds. The Morgan fingerprint density at radius 1 is 1.12 bits per heavy atom. The smallest absolute Gasteiger partial charge is 0.332 e. The van der Waals surface area contributed by atoms with Crippen molar-refractivity contribution in [3.63, 3.8) is 0 Å². The van der Waals surface area contributed by atoms with Gasteiger partial charge in [-0.2, -0.15) is 0 Å². The van der Waals surface area contributed by atoms with Crippen LogP contribution in [-0.2, 0) is 14.1 Å². The van der Waals surface area contributed by atoms with Crippen molar-refractivity contribution >= 4 is 22.6 Å². The number of nitrogens with one attached hydrogen (secondary N) is 1. The third-order valence-electron chi connectivity index (χ3n) is 4.25. The topological polar surface area (TPSA) is 95.2 Å². The van der Waals surface area contributed by atoms with Crippen LogP contribution in [0.15, 0.2) is 40.1 Å². The van der Waals surface area contributed by atoms with E-state index >= 15 is 0 Å². The molecule has 0 aliphatic heterocycles. The second-order valence-electron chi connectivity index (χ2n) is 5.90. The summed E-state index contributed by atoms with van der Waals surface area (Å²) in [5.41, 5.74) is 0.600. The summed E-state index contributed by atoms with van der Waals surface area (Å²) in [4.78, 5) is 41.5. The molecule has 8 nitrogen and oxygen atoms in total. The maximum absolute atomic E-state index is 12.6. The van der Waals surface area contributed by atoms with Crippen molar-refractivity contribution in [2.45, 2.75) is 6.92 Å². The standard InChI is InChI=1S/C18H18N4O4/c1-10-9-19-15-13(17(24)22(3)18(25)21(15)2)14(10)20-16(23)11-5-7-12(26-4)8-6-11/h5-9H,1-4H3,(H,19,20,23). The van der Waals surface area contributed by atoms with E-state index in [0.29, 0.717) is 22.6 Å². The molecule has 0 atom stereocenters. The molecule has 0 bridgehead atoms. The SMILES string of the molecule is COc1ccc(C(=O)Nc2c(C)cnc3c2c(=O)n(C)c(=O)n3C)cc1. The first-order valence-corrected chi connectivity index (χ1v) is 7.86. The summed E-state index contributed by atoms with van der Waals surface area (Å²) < 4.78 is 7.35. The van der Waals surface area contributed by atoms with Crippen LogP contribution in [0.5, 0.6) is 5.75 Å². The second-order valence-corrected chi connectivity index (χ2v) is 5.90. The molecular weight excluding hydrogens is 336 g/mol. The zero-order valence-electron chi connectivity index (χ0n) is 14.9. The summed E-state index contributed by atoms with van der Waals surface area (Å²) in [5, 5.41) is 2.96. The summed E-state index contributed by atoms with van der Waals surface area (Å²) in [6.07, 6.45) is 1.52. The Hall–Kier alpha value is -3.42. The van der Waals surface area contributed by atoms with Crippen LogP contribution in [0.1, 0.15) is 15.9 Å². The highest BCUT2D eigenvalue weighted by molar-refractivity contribution is 6.08. The number of fused-ring (bicyclic) bond motifs is 1. The van der Waals surface area contributed by atoms with Crippen LogP contribution in [0.25, 0.3) is 11.0 Å². The zero-order valence-corrected chi connectivity index (χ0v) is 14.9. The summed E-state index contributed by atoms with van der Waals surface area (Å²) in [5.74, 6) is 0.259. The molecule has 0 radical (unpaired) electrons. The van der Waals surface area contributed by atoms with Crippen molar-refractivity contribution < 1.29 is 9.53 Å². The highest BCUT2D eigenvalue weighted by atomic mass is 16.5.